The molecule has 8 nitrogen and oxygen atoms in total. The largest absolute Gasteiger partial charge is 0.481 e. The Balaban J connectivity index is -0.000000306. The number of aliphatic carboxylic acids is 3. The van der Waals surface area contributed by atoms with Crippen LogP contribution in [0.3, 0.4) is 0 Å². The number of aromatic carboxylic acids is 1. The van der Waals surface area contributed by atoms with Gasteiger partial charge in [0.25, 0.3) is 0 Å². The highest BCUT2D eigenvalue weighted by atomic mass is 16.4. The lowest BCUT2D eigenvalue weighted by atomic mass is 10.2. The summed E-state index contributed by atoms with van der Waals surface area (Å²) in [5, 5.41) is 32.4. The predicted molar refractivity (Wildman–Crippen MR) is 101 cm³/mol. The maximum atomic E-state index is 10.2. The number of rotatable bonds is 6. The molecular weight excluding hydrogens is 356 g/mol. The lowest BCUT2D eigenvalue weighted by molar-refractivity contribution is -0.143. The molecule has 4 N–H and O–H groups in total. The Morgan fingerprint density at radius 1 is 0.889 bits per heavy atom. The van der Waals surface area contributed by atoms with Crippen LogP contribution >= 0.6 is 0 Å². The fourth-order valence-corrected chi connectivity index (χ4v) is 1.12. The number of benzene rings is 1. The zero-order valence-corrected chi connectivity index (χ0v) is 15.6. The zero-order chi connectivity index (χ0) is 21.8. The van der Waals surface area contributed by atoms with Crippen LogP contribution in [-0.4, -0.2) is 44.3 Å². The van der Waals surface area contributed by atoms with Gasteiger partial charge in [0.1, 0.15) is 0 Å². The first-order valence-corrected chi connectivity index (χ1v) is 7.89. The van der Waals surface area contributed by atoms with Gasteiger partial charge in [-0.25, -0.2) is 9.59 Å². The van der Waals surface area contributed by atoms with E-state index in [0.29, 0.717) is 5.56 Å². The average Bonchev–Trinajstić information content (AvgIpc) is 2.64. The first-order valence-electron chi connectivity index (χ1n) is 7.89. The van der Waals surface area contributed by atoms with Crippen LogP contribution in [0.1, 0.15) is 44.0 Å². The molecule has 1 aromatic rings. The molecule has 0 amide bonds. The number of carboxylic acid groups (broad SMARTS) is 4. The number of hydrogen-bond acceptors (Lipinski definition) is 4. The number of hydrogen-bond donors (Lipinski definition) is 4. The average molecular weight is 382 g/mol. The molecular formula is C19H26O8. The third-order valence-electron chi connectivity index (χ3n) is 2.35. The molecule has 27 heavy (non-hydrogen) atoms. The Hall–Kier alpha value is -3.42. The summed E-state index contributed by atoms with van der Waals surface area (Å²) in [4.78, 5) is 39.5. The smallest absolute Gasteiger partial charge is 0.335 e. The van der Waals surface area contributed by atoms with Gasteiger partial charge in [-0.15, -0.1) is 0 Å². The molecule has 0 spiro atoms. The van der Waals surface area contributed by atoms with E-state index in [1.165, 1.54) is 12.2 Å². The second-order valence-corrected chi connectivity index (χ2v) is 4.21. The van der Waals surface area contributed by atoms with E-state index in [4.69, 9.17) is 20.4 Å². The van der Waals surface area contributed by atoms with Crippen molar-refractivity contribution in [1.29, 1.82) is 0 Å². The van der Waals surface area contributed by atoms with E-state index >= 15 is 0 Å². The van der Waals surface area contributed by atoms with Gasteiger partial charge in [0.05, 0.1) is 24.0 Å². The van der Waals surface area contributed by atoms with Gasteiger partial charge in [-0.3, -0.25) is 9.59 Å². The van der Waals surface area contributed by atoms with Crippen LogP contribution in [-0.2, 0) is 14.4 Å². The van der Waals surface area contributed by atoms with Crippen LogP contribution < -0.4 is 0 Å². The third-order valence-corrected chi connectivity index (χ3v) is 2.35. The second kappa shape index (κ2) is 18.9. The zero-order valence-electron chi connectivity index (χ0n) is 15.6. The van der Waals surface area contributed by atoms with Gasteiger partial charge in [0.15, 0.2) is 0 Å². The summed E-state index contributed by atoms with van der Waals surface area (Å²) < 4.78 is 0. The van der Waals surface area contributed by atoms with Crippen molar-refractivity contribution < 1.29 is 39.6 Å². The minimum atomic E-state index is -1.08. The van der Waals surface area contributed by atoms with Crippen molar-refractivity contribution in [3.8, 4) is 0 Å². The monoisotopic (exact) mass is 382 g/mol. The molecule has 150 valence electrons. The highest BCUT2D eigenvalue weighted by Gasteiger charge is 2.00. The molecule has 1 aromatic carbocycles. The normalized spacial score (nSPS) is 8.93. The van der Waals surface area contributed by atoms with Gasteiger partial charge in [-0.2, -0.15) is 0 Å². The van der Waals surface area contributed by atoms with E-state index in [1.54, 1.807) is 37.3 Å². The standard InChI is InChI=1S/C7H6O2.C6H8O2.C4H6O4.C2H6/c8-7(9)6-4-2-1-3-5-6;1-3-5(4-2)6(7)8;5-3(6)1-2-4(7)8;1-2/h1-5H,(H,8,9);3-4H,1H2,2H3,(H,7,8);1-2H2,(H,5,6)(H,7,8);1-2H3/b;5-4+;;. The van der Waals surface area contributed by atoms with Crippen LogP contribution in [0.15, 0.2) is 54.6 Å². The lowest BCUT2D eigenvalue weighted by Crippen LogP contribution is -2.00. The Labute approximate surface area is 158 Å². The molecule has 0 aliphatic heterocycles. The molecule has 0 aromatic heterocycles. The number of allylic oxidation sites excluding steroid dienone is 1. The Kier molecular flexibility index (Phi) is 19.9. The van der Waals surface area contributed by atoms with Gasteiger partial charge in [0.2, 0.25) is 0 Å². The van der Waals surface area contributed by atoms with Gasteiger partial charge < -0.3 is 20.4 Å². The molecule has 0 atom stereocenters. The van der Waals surface area contributed by atoms with Crippen molar-refractivity contribution in [2.75, 3.05) is 0 Å². The summed E-state index contributed by atoms with van der Waals surface area (Å²) in [7, 11) is 0. The van der Waals surface area contributed by atoms with Crippen LogP contribution in [0.2, 0.25) is 0 Å². The summed E-state index contributed by atoms with van der Waals surface area (Å²) in [5.74, 6) is -3.96. The highest BCUT2D eigenvalue weighted by molar-refractivity contribution is 5.89. The maximum Gasteiger partial charge on any atom is 0.335 e. The van der Waals surface area contributed by atoms with Crippen molar-refractivity contribution in [2.24, 2.45) is 0 Å². The molecule has 0 unspecified atom stereocenters. The van der Waals surface area contributed by atoms with E-state index in [0.717, 1.165) is 0 Å². The van der Waals surface area contributed by atoms with Gasteiger partial charge in [-0.05, 0) is 19.1 Å². The van der Waals surface area contributed by atoms with Crippen molar-refractivity contribution in [3.05, 3.63) is 60.2 Å². The molecule has 0 aliphatic carbocycles. The minimum Gasteiger partial charge on any atom is -0.481 e. The molecule has 0 aliphatic rings. The van der Waals surface area contributed by atoms with E-state index in [1.807, 2.05) is 13.8 Å². The SMILES string of the molecule is C=C/C(=C\C)C(=O)O.CC.O=C(O)CCC(=O)O.O=C(O)c1ccccc1. The van der Waals surface area contributed by atoms with Crippen LogP contribution in [0, 0.1) is 0 Å². The Bertz CT molecular complexity index is 604. The molecule has 0 fully saturated rings. The predicted octanol–water partition coefficient (Wildman–Crippen LogP) is 3.55. The highest BCUT2D eigenvalue weighted by Crippen LogP contribution is 1.96. The number of carboxylic acids is 4. The summed E-state index contributed by atoms with van der Waals surface area (Å²) in [5.41, 5.74) is 0.572. The molecule has 0 heterocycles. The summed E-state index contributed by atoms with van der Waals surface area (Å²) in [6.45, 7) is 8.96. The minimum absolute atomic E-state index is 0.241. The van der Waals surface area contributed by atoms with Crippen LogP contribution in [0.5, 0.6) is 0 Å². The second-order valence-electron chi connectivity index (χ2n) is 4.21. The third kappa shape index (κ3) is 20.5. The summed E-state index contributed by atoms with van der Waals surface area (Å²) in [6, 6.07) is 8.30. The maximum absolute atomic E-state index is 10.2. The van der Waals surface area contributed by atoms with Gasteiger partial charge in [-0.1, -0.05) is 50.8 Å². The van der Waals surface area contributed by atoms with Gasteiger partial charge >= 0.3 is 23.9 Å². The summed E-state index contributed by atoms with van der Waals surface area (Å²) >= 11 is 0. The first-order chi connectivity index (χ1) is 12.6. The molecule has 0 saturated heterocycles. The lowest BCUT2D eigenvalue weighted by Gasteiger charge is -1.88. The molecule has 1 rings (SSSR count). The van der Waals surface area contributed by atoms with E-state index in [-0.39, 0.29) is 18.4 Å². The van der Waals surface area contributed by atoms with Crippen molar-refractivity contribution in [3.63, 3.8) is 0 Å². The number of carbonyl (C=O) groups is 4. The summed E-state index contributed by atoms with van der Waals surface area (Å²) in [6.07, 6.45) is 2.21. The van der Waals surface area contributed by atoms with Crippen molar-refractivity contribution in [2.45, 2.75) is 33.6 Å². The fraction of sp³-hybridized carbons (Fsp3) is 0.263. The van der Waals surface area contributed by atoms with Crippen LogP contribution in [0.25, 0.3) is 0 Å². The molecule has 0 bridgehead atoms. The van der Waals surface area contributed by atoms with Crippen molar-refractivity contribution in [1.82, 2.24) is 0 Å². The van der Waals surface area contributed by atoms with Crippen LogP contribution in [0.4, 0.5) is 0 Å². The Morgan fingerprint density at radius 3 is 1.44 bits per heavy atom. The first kappa shape index (κ1) is 28.4. The molecule has 0 saturated carbocycles. The molecule has 0 radical (unpaired) electrons. The quantitative estimate of drug-likeness (QED) is 0.431. The topological polar surface area (TPSA) is 149 Å². The molecule has 8 heteroatoms. The van der Waals surface area contributed by atoms with Crippen molar-refractivity contribution >= 4 is 23.9 Å². The van der Waals surface area contributed by atoms with E-state index in [9.17, 15) is 19.2 Å². The van der Waals surface area contributed by atoms with E-state index in [2.05, 4.69) is 6.58 Å². The van der Waals surface area contributed by atoms with Gasteiger partial charge in [0, 0.05) is 0 Å². The Morgan fingerprint density at radius 2 is 1.30 bits per heavy atom. The van der Waals surface area contributed by atoms with E-state index < -0.39 is 23.9 Å². The fourth-order valence-electron chi connectivity index (χ4n) is 1.12.